The van der Waals surface area contributed by atoms with Gasteiger partial charge in [-0.15, -0.1) is 12.8 Å². The van der Waals surface area contributed by atoms with Crippen LogP contribution in [0.2, 0.25) is 17.1 Å². The van der Waals surface area contributed by atoms with E-state index >= 15 is 0 Å². The third-order valence-corrected chi connectivity index (χ3v) is 19.1. The number of fused-ring (bicyclic) bond motifs is 6. The number of aryl methyl sites for hydroxylation is 5. The van der Waals surface area contributed by atoms with Crippen molar-refractivity contribution in [3.63, 3.8) is 0 Å². The Kier molecular flexibility index (Phi) is 58.6. The number of terminal acetylenes is 1. The Labute approximate surface area is 823 Å². The van der Waals surface area contributed by atoms with Crippen molar-refractivity contribution in [2.24, 2.45) is 11.8 Å². The van der Waals surface area contributed by atoms with Crippen LogP contribution in [0, 0.1) is 65.9 Å². The number of ketones is 2. The smallest absolute Gasteiger partial charge is 0.870 e. The van der Waals surface area contributed by atoms with Crippen LogP contribution in [0.1, 0.15) is 128 Å². The topological polar surface area (TPSA) is 499 Å². The van der Waals surface area contributed by atoms with E-state index in [1.807, 2.05) is 45.9 Å². The molecule has 131 heavy (non-hydrogen) atoms. The number of Topliss-reactive ketones (excluding diaryl/α,β-unsaturated/α-hetero) is 2. The molecular weight excluding hydrogens is 1900 g/mol. The Bertz CT molecular complexity index is 6060. The molecule has 30 nitrogen and oxygen atoms in total. The number of amides is 2. The van der Waals surface area contributed by atoms with Crippen molar-refractivity contribution in [2.45, 2.75) is 114 Å². The van der Waals surface area contributed by atoms with Crippen LogP contribution in [0.3, 0.4) is 0 Å². The molecule has 2 amide bonds. The first-order chi connectivity index (χ1) is 59.5. The van der Waals surface area contributed by atoms with Crippen molar-refractivity contribution in [1.29, 1.82) is 0 Å². The second-order valence-electron chi connectivity index (χ2n) is 26.4. The number of rotatable bonds is 12. The summed E-state index contributed by atoms with van der Waals surface area (Å²) in [6.07, 6.45) is 15.5. The molecule has 0 spiro atoms. The van der Waals surface area contributed by atoms with Crippen molar-refractivity contribution < 1.29 is 145 Å². The summed E-state index contributed by atoms with van der Waals surface area (Å²) in [5.74, 6) is -4.47. The molecule has 0 aliphatic carbocycles. The van der Waals surface area contributed by atoms with E-state index < -0.39 is 68.5 Å². The van der Waals surface area contributed by atoms with E-state index in [9.17, 15) is 66.4 Å². The maximum Gasteiger partial charge on any atom is 1.00 e. The minimum Gasteiger partial charge on any atom is -0.870 e. The van der Waals surface area contributed by atoms with Crippen LogP contribution in [0.25, 0.3) is 69.5 Å². The van der Waals surface area contributed by atoms with Crippen molar-refractivity contribution in [3.8, 4) is 24.5 Å². The predicted octanol–water partition coefficient (Wildman–Crippen LogP) is 12.5. The molecule has 0 saturated carbocycles. The molecule has 44 heteroatoms. The first-order valence-corrected chi connectivity index (χ1v) is 44.9. The van der Waals surface area contributed by atoms with Crippen molar-refractivity contribution in [2.75, 3.05) is 27.4 Å². The number of alkyl halides is 2. The van der Waals surface area contributed by atoms with E-state index in [0.29, 0.717) is 83.4 Å². The molecule has 6 aromatic heterocycles. The number of aromatic nitrogens is 6. The second-order valence-corrected chi connectivity index (χ2v) is 36.3. The van der Waals surface area contributed by atoms with Gasteiger partial charge in [-0.3, -0.25) is 38.1 Å². The number of aliphatic hydroxyl groups is 2. The molecular formula is C87H92BCl7F2LiN9NaO21PS. The van der Waals surface area contributed by atoms with Crippen LogP contribution in [-0.2, 0) is 23.4 Å². The number of nitrogens with zero attached hydrogens (tertiary/aromatic N) is 4. The van der Waals surface area contributed by atoms with Crippen LogP contribution in [0.5, 0.6) is 11.6 Å². The van der Waals surface area contributed by atoms with E-state index in [1.165, 1.54) is 45.4 Å². The van der Waals surface area contributed by atoms with Crippen LogP contribution >= 0.6 is 83.5 Å². The number of carbonyl (C=O) groups is 7. The Balaban J connectivity index is -0.00000143. The van der Waals surface area contributed by atoms with Gasteiger partial charge in [0.1, 0.15) is 28.2 Å². The zero-order chi connectivity index (χ0) is 95.5. The van der Waals surface area contributed by atoms with Gasteiger partial charge in [-0.05, 0) is 258 Å². The Morgan fingerprint density at radius 1 is 0.542 bits per heavy atom. The van der Waals surface area contributed by atoms with Gasteiger partial charge >= 0.3 is 71.5 Å². The number of nitrogens with one attached hydrogen (secondary N) is 5. The number of carboxylic acids is 3. The number of H-pyrrole nitrogens is 3. The number of methoxy groups -OCH3 is 1. The van der Waals surface area contributed by atoms with Gasteiger partial charge in [0, 0.05) is 121 Å². The summed E-state index contributed by atoms with van der Waals surface area (Å²) in [5.41, 5.74) is 6.03. The Hall–Kier alpha value is -9.71. The van der Waals surface area contributed by atoms with Crippen LogP contribution in [0.15, 0.2) is 161 Å². The standard InChI is InChI=1S/C18H19FN2O5.C12H10ClNO.C12H11NO2.C11H8ClNO2.C11H8N2O.C11H9NO3.C7H12FNO2.C2H2.CH3B.CH4O.CH4.Cl3OP.Cl2OS.Li.Na.2H2O/c1-3-10-13(21-16(22)15(10)19)8-26-17-11-7-14(25-2)12(18(23)24)6-9(11)4-5-20-17;1-7-5-11-9(3-4-14-12(11)13)6-10(7)8(2)15;1-7-5-11-9(3-4-13-12(11)15)6-10(7)8(2)14;1-6-4-9-7(2-3-13-10(9)12)5-8(6)11(14)15;1-7-5-9-8(6-10(7)12-2)3-4-13-11(9)14;1-6-4-9-7(2-3-12-10(9)13)5-8(6)11(14)15;1-2-4-5(3-10)9-7(11)6(4)8;3*1-2;;1-5(2,3)4;1-4(2)3;;;;/h4-7,10,13,15H,3,8H2,1-2H3,(H,21,22)(H,23,24);3-6H,1-2H3;3-6H,1-2H3,(H,13,15);2-5H,1H3,(H,14,15);3-6H,1H3,(H,13,14);2-5H,1H3,(H,12,13)(H,14,15);4-6,10H,2-3H2,1H3,(H,9,11);1-2H;1H3;2H,1H3;1H4;;;;;2*1H2/q;;;;;;;;;;;;;2*+1;;/p-2/t10-,13+,15-;;;;;;4-,5+,6-;;;;;;;;;;/m0.....0........../s1. The molecule has 6 aromatic carbocycles. The van der Waals surface area contributed by atoms with Gasteiger partial charge in [0.2, 0.25) is 15.1 Å². The number of hydrogen-bond acceptors (Lipinski definition) is 21. The maximum atomic E-state index is 13.9. The third-order valence-electron chi connectivity index (χ3n) is 18.5. The fourth-order valence-corrected chi connectivity index (χ4v) is 13.0. The number of pyridine rings is 6. The van der Waals surface area contributed by atoms with Gasteiger partial charge in [-0.1, -0.05) is 57.4 Å². The van der Waals surface area contributed by atoms with Crippen molar-refractivity contribution in [3.05, 3.63) is 255 Å². The normalized spacial score (nSPS) is 14.3. The number of aromatic carboxylic acids is 3. The number of carbonyl (C=O) groups excluding carboxylic acids is 4. The SMILES string of the molecule is C.C#C.CC(=O)c1cc2cc[nH]c(=O)c2cc1C.CC(=O)c1cc2ccnc(Cl)c2cc1C.CC[C@@H]1[C@H](F)C(=O)N[C@@H]1CO.CC[C@@H]1[C@H](F)C(=O)N[C@@H]1COc1nccc2cc(C(=O)O)c(OC)cc12.CO.Cc1cc2c(=O)[nH]ccc2cc1C(=O)O.Cc1cc2c(Cl)nccc2cc1C(=O)O.O=P(Cl)(Cl)Cl.O=S(Cl)Cl.[B]C.[C-]#[N+]c1cc2cc[nH]c(=O)c2cc1C.[Li+].[Na+].[OH-].[OH-]. The molecule has 2 radical (unpaired) electrons. The quantitative estimate of drug-likeness (QED) is 0.0103. The number of hydrogen-bond donors (Lipinski definition) is 10. The van der Waals surface area contributed by atoms with E-state index in [0.717, 1.165) is 61.7 Å². The third kappa shape index (κ3) is 37.0. The van der Waals surface area contributed by atoms with E-state index in [1.54, 1.807) is 131 Å². The number of carboxylic acid groups (broad SMARTS) is 3. The van der Waals surface area contributed by atoms with Gasteiger partial charge in [0.25, 0.3) is 28.5 Å². The summed E-state index contributed by atoms with van der Waals surface area (Å²) in [7, 11) is 14.2. The molecule has 2 aliphatic heterocycles. The molecule has 2 aliphatic rings. The van der Waals surface area contributed by atoms with Gasteiger partial charge in [0.05, 0.1) is 51.3 Å². The Morgan fingerprint density at radius 2 is 0.840 bits per heavy atom. The molecule has 8 heterocycles. The average molecular weight is 1990 g/mol. The zero-order valence-corrected chi connectivity index (χ0v) is 81.3. The summed E-state index contributed by atoms with van der Waals surface area (Å²) >= 11 is 25.7. The fourth-order valence-electron chi connectivity index (χ4n) is 12.6. The second kappa shape index (κ2) is 61.2. The Morgan fingerprint density at radius 3 is 1.17 bits per heavy atom. The number of halogens is 9. The van der Waals surface area contributed by atoms with Gasteiger partial charge < -0.3 is 71.5 Å². The van der Waals surface area contributed by atoms with E-state index in [-0.39, 0.29) is 143 Å². The van der Waals surface area contributed by atoms with Crippen LogP contribution in [-0.4, -0.2) is 172 Å². The molecule has 12 aromatic rings. The molecule has 690 valence electrons. The number of aromatic amines is 3. The van der Waals surface area contributed by atoms with Gasteiger partial charge in [-0.25, -0.2) is 47.2 Å². The molecule has 0 unspecified atom stereocenters. The van der Waals surface area contributed by atoms with Crippen molar-refractivity contribution >= 4 is 212 Å². The summed E-state index contributed by atoms with van der Waals surface area (Å²) in [5, 5.41) is 54.1. The summed E-state index contributed by atoms with van der Waals surface area (Å²) in [6.45, 7) is 24.1. The van der Waals surface area contributed by atoms with E-state index in [4.69, 9.17) is 63.9 Å². The largest absolute Gasteiger partial charge is 1.00 e. The number of ether oxygens (including phenoxy) is 2. The average Bonchev–Trinajstić information content (AvgIpc) is 1.49. The fraction of sp³-hybridized carbons (Fsp3) is 0.264. The number of aliphatic hydroxyl groups excluding tert-OH is 2. The minimum atomic E-state index is -3.22. The van der Waals surface area contributed by atoms with E-state index in [2.05, 4.69) is 121 Å². The maximum absolute atomic E-state index is 13.9. The van der Waals surface area contributed by atoms with Crippen LogP contribution < -0.4 is 85.2 Å². The first kappa shape index (κ1) is 125. The molecule has 2 fully saturated rings. The molecule has 14 rings (SSSR count). The monoisotopic (exact) mass is 1990 g/mol. The predicted molar refractivity (Wildman–Crippen MR) is 505 cm³/mol. The summed E-state index contributed by atoms with van der Waals surface area (Å²) in [4.78, 5) is 136. The van der Waals surface area contributed by atoms with Gasteiger partial charge in [-0.2, -0.15) is 0 Å². The van der Waals surface area contributed by atoms with Crippen molar-refractivity contribution in [1.82, 2.24) is 40.5 Å². The summed E-state index contributed by atoms with van der Waals surface area (Å²) < 4.78 is 56.2. The zero-order valence-electron chi connectivity index (χ0n) is 72.3. The minimum absolute atomic E-state index is 0. The molecule has 2 saturated heterocycles. The van der Waals surface area contributed by atoms with Gasteiger partial charge in [0.15, 0.2) is 29.6 Å². The molecule has 0 bridgehead atoms. The molecule has 12 N–H and O–H groups in total. The summed E-state index contributed by atoms with van der Waals surface area (Å²) in [6, 6.07) is 30.0. The number of benzene rings is 6. The molecule has 6 atom stereocenters. The first-order valence-electron chi connectivity index (χ1n) is 36.9. The van der Waals surface area contributed by atoms with Crippen LogP contribution in [0.4, 0.5) is 14.5 Å².